The van der Waals surface area contributed by atoms with E-state index in [4.69, 9.17) is 5.11 Å². The van der Waals surface area contributed by atoms with Crippen molar-refractivity contribution in [3.8, 4) is 0 Å². The molecule has 4 nitrogen and oxygen atoms in total. The van der Waals surface area contributed by atoms with Gasteiger partial charge in [-0.3, -0.25) is 4.79 Å². The lowest BCUT2D eigenvalue weighted by Gasteiger charge is -2.13. The van der Waals surface area contributed by atoms with Crippen LogP contribution in [0, 0.1) is 18.6 Å². The molecule has 3 N–H and O–H groups in total. The van der Waals surface area contributed by atoms with Crippen molar-refractivity contribution in [1.29, 1.82) is 0 Å². The summed E-state index contributed by atoms with van der Waals surface area (Å²) in [5.74, 6) is -2.70. The number of halogens is 2. The number of carbonyl (C=O) groups is 1. The third kappa shape index (κ3) is 3.67. The molecule has 1 aromatic carbocycles. The largest absolute Gasteiger partial charge is 0.481 e. The van der Waals surface area contributed by atoms with E-state index in [1.54, 1.807) is 0 Å². The lowest BCUT2D eigenvalue weighted by molar-refractivity contribution is -0.138. The van der Waals surface area contributed by atoms with Crippen LogP contribution in [0.15, 0.2) is 12.1 Å². The zero-order chi connectivity index (χ0) is 13.0. The van der Waals surface area contributed by atoms with E-state index in [1.165, 1.54) is 13.0 Å². The molecule has 0 aromatic heterocycles. The van der Waals surface area contributed by atoms with Crippen molar-refractivity contribution < 1.29 is 23.8 Å². The van der Waals surface area contributed by atoms with Crippen LogP contribution in [0.2, 0.25) is 0 Å². The van der Waals surface area contributed by atoms with E-state index < -0.39 is 30.1 Å². The molecule has 6 heteroatoms. The normalized spacial score (nSPS) is 12.2. The minimum Gasteiger partial charge on any atom is -0.481 e. The molecule has 0 spiro atoms. The number of carboxylic acids is 1. The Balaban J connectivity index is 2.69. The fourth-order valence-electron chi connectivity index (χ4n) is 1.31. The molecule has 0 saturated heterocycles. The average Bonchev–Trinajstić information content (AvgIpc) is 2.23. The standard InChI is InChI=1S/C11H13F2NO3/c1-6-2-3-8(12)11(10(6)13)14-5-7(15)4-9(16)17/h2-3,7,14-15H,4-5H2,1H3,(H,16,17). The Kier molecular flexibility index (Phi) is 4.39. The van der Waals surface area contributed by atoms with Crippen LogP contribution >= 0.6 is 0 Å². The maximum absolute atomic E-state index is 13.5. The number of hydrogen-bond donors (Lipinski definition) is 3. The molecule has 0 saturated carbocycles. The first kappa shape index (κ1) is 13.4. The van der Waals surface area contributed by atoms with Crippen LogP contribution < -0.4 is 5.32 Å². The molecule has 0 fully saturated rings. The van der Waals surface area contributed by atoms with Crippen LogP contribution in [-0.4, -0.2) is 28.8 Å². The number of aliphatic hydroxyl groups is 1. The molecular weight excluding hydrogens is 232 g/mol. The van der Waals surface area contributed by atoms with E-state index in [1.807, 2.05) is 0 Å². The van der Waals surface area contributed by atoms with Crippen molar-refractivity contribution in [1.82, 2.24) is 0 Å². The van der Waals surface area contributed by atoms with Gasteiger partial charge >= 0.3 is 5.97 Å². The van der Waals surface area contributed by atoms with E-state index in [0.717, 1.165) is 6.07 Å². The minimum absolute atomic E-state index is 0.233. The van der Waals surface area contributed by atoms with Crippen LogP contribution in [0.4, 0.5) is 14.5 Å². The van der Waals surface area contributed by atoms with E-state index in [9.17, 15) is 18.7 Å². The fraction of sp³-hybridized carbons (Fsp3) is 0.364. The Bertz CT molecular complexity index is 423. The van der Waals surface area contributed by atoms with Crippen molar-refractivity contribution in [2.45, 2.75) is 19.4 Å². The SMILES string of the molecule is Cc1ccc(F)c(NCC(O)CC(=O)O)c1F. The van der Waals surface area contributed by atoms with Gasteiger partial charge in [0, 0.05) is 6.54 Å². The zero-order valence-corrected chi connectivity index (χ0v) is 9.20. The smallest absolute Gasteiger partial charge is 0.306 e. The third-order valence-electron chi connectivity index (χ3n) is 2.21. The Hall–Kier alpha value is -1.69. The molecular formula is C11H13F2NO3. The van der Waals surface area contributed by atoms with Gasteiger partial charge in [0.2, 0.25) is 0 Å². The quantitative estimate of drug-likeness (QED) is 0.735. The first-order valence-electron chi connectivity index (χ1n) is 5.00. The predicted molar refractivity (Wildman–Crippen MR) is 57.8 cm³/mol. The number of aliphatic carboxylic acids is 1. The van der Waals surface area contributed by atoms with Crippen molar-refractivity contribution in [2.24, 2.45) is 0 Å². The van der Waals surface area contributed by atoms with Crippen LogP contribution in [0.3, 0.4) is 0 Å². The molecule has 1 unspecified atom stereocenters. The molecule has 17 heavy (non-hydrogen) atoms. The van der Waals surface area contributed by atoms with Crippen molar-refractivity contribution in [3.05, 3.63) is 29.3 Å². The Morgan fingerprint density at radius 3 is 2.71 bits per heavy atom. The van der Waals surface area contributed by atoms with Crippen molar-refractivity contribution in [2.75, 3.05) is 11.9 Å². The molecule has 0 aliphatic carbocycles. The number of aliphatic hydroxyl groups excluding tert-OH is 1. The molecule has 1 aromatic rings. The summed E-state index contributed by atoms with van der Waals surface area (Å²) in [6.07, 6.45) is -1.69. The first-order valence-corrected chi connectivity index (χ1v) is 5.00. The highest BCUT2D eigenvalue weighted by atomic mass is 19.1. The van der Waals surface area contributed by atoms with Gasteiger partial charge in [-0.05, 0) is 18.6 Å². The van der Waals surface area contributed by atoms with Gasteiger partial charge in [-0.2, -0.15) is 0 Å². The van der Waals surface area contributed by atoms with Crippen LogP contribution in [0.5, 0.6) is 0 Å². The van der Waals surface area contributed by atoms with Gasteiger partial charge in [0.05, 0.1) is 12.5 Å². The topological polar surface area (TPSA) is 69.6 Å². The van der Waals surface area contributed by atoms with E-state index in [-0.39, 0.29) is 17.8 Å². The van der Waals surface area contributed by atoms with Gasteiger partial charge in [0.1, 0.15) is 11.5 Å². The summed E-state index contributed by atoms with van der Waals surface area (Å²) in [4.78, 5) is 10.3. The minimum atomic E-state index is -1.20. The number of anilines is 1. The van der Waals surface area contributed by atoms with E-state index >= 15 is 0 Å². The maximum atomic E-state index is 13.5. The van der Waals surface area contributed by atoms with Gasteiger partial charge in [0.15, 0.2) is 5.82 Å². The molecule has 0 radical (unpaired) electrons. The molecule has 0 aliphatic rings. The summed E-state index contributed by atoms with van der Waals surface area (Å²) in [6, 6.07) is 2.40. The van der Waals surface area contributed by atoms with Crippen LogP contribution in [0.25, 0.3) is 0 Å². The van der Waals surface area contributed by atoms with Gasteiger partial charge in [-0.15, -0.1) is 0 Å². The number of nitrogens with one attached hydrogen (secondary N) is 1. The van der Waals surface area contributed by atoms with E-state index in [0.29, 0.717) is 0 Å². The van der Waals surface area contributed by atoms with Gasteiger partial charge in [-0.1, -0.05) is 6.07 Å². The molecule has 1 rings (SSSR count). The lowest BCUT2D eigenvalue weighted by Crippen LogP contribution is -2.23. The summed E-state index contributed by atoms with van der Waals surface area (Å²) in [5, 5.41) is 20.0. The molecule has 94 valence electrons. The predicted octanol–water partition coefficient (Wildman–Crippen LogP) is 1.52. The second-order valence-electron chi connectivity index (χ2n) is 3.69. The van der Waals surface area contributed by atoms with Gasteiger partial charge in [-0.25, -0.2) is 8.78 Å². The average molecular weight is 245 g/mol. The Morgan fingerprint density at radius 1 is 1.47 bits per heavy atom. The molecule has 0 amide bonds. The van der Waals surface area contributed by atoms with Crippen molar-refractivity contribution >= 4 is 11.7 Å². The van der Waals surface area contributed by atoms with Gasteiger partial charge in [0.25, 0.3) is 0 Å². The molecule has 1 atom stereocenters. The summed E-state index contributed by atoms with van der Waals surface area (Å²) in [5.41, 5.74) is -0.0870. The van der Waals surface area contributed by atoms with Crippen LogP contribution in [-0.2, 0) is 4.79 Å². The third-order valence-corrected chi connectivity index (χ3v) is 2.21. The monoisotopic (exact) mass is 245 g/mol. The highest BCUT2D eigenvalue weighted by Gasteiger charge is 2.14. The van der Waals surface area contributed by atoms with E-state index in [2.05, 4.69) is 5.32 Å². The Labute approximate surface area is 96.9 Å². The molecule has 0 aliphatic heterocycles. The number of benzene rings is 1. The summed E-state index contributed by atoms with van der Waals surface area (Å²) < 4.78 is 26.7. The van der Waals surface area contributed by atoms with Crippen molar-refractivity contribution in [3.63, 3.8) is 0 Å². The number of carboxylic acid groups (broad SMARTS) is 1. The highest BCUT2D eigenvalue weighted by Crippen LogP contribution is 2.21. The Morgan fingerprint density at radius 2 is 2.12 bits per heavy atom. The first-order chi connectivity index (χ1) is 7.91. The maximum Gasteiger partial charge on any atom is 0.306 e. The summed E-state index contributed by atoms with van der Waals surface area (Å²) in [6.45, 7) is 1.25. The van der Waals surface area contributed by atoms with Gasteiger partial charge < -0.3 is 15.5 Å². The number of aryl methyl sites for hydroxylation is 1. The second kappa shape index (κ2) is 5.58. The highest BCUT2D eigenvalue weighted by molar-refractivity contribution is 5.67. The molecule has 0 heterocycles. The number of hydrogen-bond acceptors (Lipinski definition) is 3. The lowest BCUT2D eigenvalue weighted by atomic mass is 10.2. The summed E-state index contributed by atoms with van der Waals surface area (Å²) in [7, 11) is 0. The zero-order valence-electron chi connectivity index (χ0n) is 9.20. The summed E-state index contributed by atoms with van der Waals surface area (Å²) >= 11 is 0. The second-order valence-corrected chi connectivity index (χ2v) is 3.69. The van der Waals surface area contributed by atoms with Crippen LogP contribution in [0.1, 0.15) is 12.0 Å². The molecule has 0 bridgehead atoms. The fourth-order valence-corrected chi connectivity index (χ4v) is 1.31. The number of rotatable bonds is 5.